The molecule has 318 valence electrons. The van der Waals surface area contributed by atoms with E-state index in [1.165, 1.54) is 32.1 Å². The number of rotatable bonds is 38. The zero-order chi connectivity index (χ0) is 40.7. The zero-order valence-corrected chi connectivity index (χ0v) is 36.5. The number of carbonyl (C=O) groups is 2. The summed E-state index contributed by atoms with van der Waals surface area (Å²) < 4.78 is 33.8. The number of likely N-dealkylation sites (N-methyl/N-ethyl adjacent to an activating group) is 1. The fourth-order valence-electron chi connectivity index (χ4n) is 5.40. The van der Waals surface area contributed by atoms with Crippen molar-refractivity contribution < 1.29 is 42.1 Å². The minimum absolute atomic E-state index is 0.0395. The van der Waals surface area contributed by atoms with Gasteiger partial charge in [0.2, 0.25) is 0 Å². The SMILES string of the molecule is CC/C=C\C/C=C\C/C=C\CCCCCCCC(=O)OC(COC(=O)CCCCCCC/C=C\C/C=C\CCCCCC)COP(=O)([O-])OCC[N+](C)(C)C. The lowest BCUT2D eigenvalue weighted by Crippen LogP contribution is -2.37. The maximum absolute atomic E-state index is 12.7. The smallest absolute Gasteiger partial charge is 0.306 e. The minimum atomic E-state index is -4.63. The summed E-state index contributed by atoms with van der Waals surface area (Å²) >= 11 is 0. The second kappa shape index (κ2) is 37.3. The molecule has 0 heterocycles. The molecule has 0 aliphatic carbocycles. The summed E-state index contributed by atoms with van der Waals surface area (Å²) in [6.07, 6.45) is 43.8. The van der Waals surface area contributed by atoms with Crippen LogP contribution in [-0.4, -0.2) is 70.0 Å². The van der Waals surface area contributed by atoms with Gasteiger partial charge in [-0.3, -0.25) is 14.2 Å². The van der Waals surface area contributed by atoms with Crippen molar-refractivity contribution in [3.05, 3.63) is 60.8 Å². The number of nitrogens with zero attached hydrogens (tertiary/aromatic N) is 1. The summed E-state index contributed by atoms with van der Waals surface area (Å²) in [6, 6.07) is 0. The molecule has 0 bridgehead atoms. The van der Waals surface area contributed by atoms with Gasteiger partial charge in [-0.15, -0.1) is 0 Å². The van der Waals surface area contributed by atoms with Crippen molar-refractivity contribution in [2.75, 3.05) is 47.5 Å². The Morgan fingerprint density at radius 2 is 1.04 bits per heavy atom. The summed E-state index contributed by atoms with van der Waals surface area (Å²) in [4.78, 5) is 37.5. The number of quaternary nitrogens is 1. The summed E-state index contributed by atoms with van der Waals surface area (Å²) in [6.45, 7) is 4.04. The first-order valence-corrected chi connectivity index (χ1v) is 23.0. The Labute approximate surface area is 336 Å². The van der Waals surface area contributed by atoms with Crippen LogP contribution in [0, 0.1) is 0 Å². The number of ether oxygens (including phenoxy) is 2. The average molecular weight is 794 g/mol. The van der Waals surface area contributed by atoms with Crippen LogP contribution in [0.15, 0.2) is 60.8 Å². The number of carbonyl (C=O) groups excluding carboxylic acids is 2. The van der Waals surface area contributed by atoms with Gasteiger partial charge in [-0.05, 0) is 77.0 Å². The predicted octanol–water partition coefficient (Wildman–Crippen LogP) is 11.4. The van der Waals surface area contributed by atoms with Gasteiger partial charge in [-0.1, -0.05) is 132 Å². The first kappa shape index (κ1) is 52.7. The Kier molecular flexibility index (Phi) is 35.7. The monoisotopic (exact) mass is 794 g/mol. The van der Waals surface area contributed by atoms with Crippen LogP contribution in [0.3, 0.4) is 0 Å². The van der Waals surface area contributed by atoms with Crippen LogP contribution in [0.25, 0.3) is 0 Å². The first-order chi connectivity index (χ1) is 26.5. The highest BCUT2D eigenvalue weighted by atomic mass is 31.2. The summed E-state index contributed by atoms with van der Waals surface area (Å²) in [7, 11) is 1.13. The molecule has 0 N–H and O–H groups in total. The molecule has 0 saturated heterocycles. The van der Waals surface area contributed by atoms with Crippen molar-refractivity contribution >= 4 is 19.8 Å². The highest BCUT2D eigenvalue weighted by molar-refractivity contribution is 7.45. The van der Waals surface area contributed by atoms with E-state index in [1.54, 1.807) is 0 Å². The maximum atomic E-state index is 12.7. The summed E-state index contributed by atoms with van der Waals surface area (Å²) in [5.41, 5.74) is 0. The van der Waals surface area contributed by atoms with E-state index in [0.717, 1.165) is 89.9 Å². The first-order valence-electron chi connectivity index (χ1n) is 21.5. The van der Waals surface area contributed by atoms with Gasteiger partial charge in [0.25, 0.3) is 7.82 Å². The van der Waals surface area contributed by atoms with E-state index in [1.807, 2.05) is 21.1 Å². The van der Waals surface area contributed by atoms with Crippen molar-refractivity contribution in [2.24, 2.45) is 0 Å². The van der Waals surface area contributed by atoms with Gasteiger partial charge >= 0.3 is 11.9 Å². The van der Waals surface area contributed by atoms with E-state index in [-0.39, 0.29) is 26.1 Å². The maximum Gasteiger partial charge on any atom is 0.306 e. The van der Waals surface area contributed by atoms with E-state index < -0.39 is 32.5 Å². The normalized spacial score (nSPS) is 14.2. The molecule has 10 heteroatoms. The largest absolute Gasteiger partial charge is 0.756 e. The standard InChI is InChI=1S/C45H80NO8P/c1-6-8-10-12-14-16-18-20-22-24-25-27-29-31-33-35-37-44(47)51-41-43(42-53-55(49,50)52-40-39-46(3,4)5)54-45(48)38-36-34-32-30-28-26-23-21-19-17-15-13-11-9-7-2/h9,11,15-18,21-24,43H,6-8,10,12-14,19-20,25-42H2,1-5H3/b11-9-,17-15-,18-16-,23-21-,24-22-. The third kappa shape index (κ3) is 41.2. The Hall–Kier alpha value is -2.29. The quantitative estimate of drug-likeness (QED) is 0.0200. The highest BCUT2D eigenvalue weighted by Gasteiger charge is 2.21. The molecule has 0 radical (unpaired) electrons. The van der Waals surface area contributed by atoms with Crippen LogP contribution in [0.4, 0.5) is 0 Å². The lowest BCUT2D eigenvalue weighted by molar-refractivity contribution is -0.870. The highest BCUT2D eigenvalue weighted by Crippen LogP contribution is 2.38. The van der Waals surface area contributed by atoms with Gasteiger partial charge in [0, 0.05) is 12.8 Å². The molecule has 0 rings (SSSR count). The average Bonchev–Trinajstić information content (AvgIpc) is 3.13. The minimum Gasteiger partial charge on any atom is -0.756 e. The molecule has 0 aromatic carbocycles. The van der Waals surface area contributed by atoms with Crippen LogP contribution in [0.1, 0.15) is 162 Å². The van der Waals surface area contributed by atoms with Crippen molar-refractivity contribution in [3.8, 4) is 0 Å². The number of phosphoric ester groups is 1. The van der Waals surface area contributed by atoms with E-state index in [9.17, 15) is 19.0 Å². The molecule has 2 unspecified atom stereocenters. The Balaban J connectivity index is 4.44. The number of allylic oxidation sites excluding steroid dienone is 10. The van der Waals surface area contributed by atoms with Gasteiger partial charge < -0.3 is 27.9 Å². The Morgan fingerprint density at radius 1 is 0.582 bits per heavy atom. The van der Waals surface area contributed by atoms with E-state index in [2.05, 4.69) is 74.6 Å². The van der Waals surface area contributed by atoms with Crippen LogP contribution < -0.4 is 4.89 Å². The molecule has 0 aromatic rings. The van der Waals surface area contributed by atoms with E-state index in [0.29, 0.717) is 23.9 Å². The van der Waals surface area contributed by atoms with Crippen LogP contribution in [0.2, 0.25) is 0 Å². The van der Waals surface area contributed by atoms with Crippen LogP contribution in [-0.2, 0) is 32.7 Å². The molecule has 55 heavy (non-hydrogen) atoms. The molecule has 9 nitrogen and oxygen atoms in total. The topological polar surface area (TPSA) is 111 Å². The van der Waals surface area contributed by atoms with Gasteiger partial charge in [0.15, 0.2) is 6.10 Å². The second-order valence-corrected chi connectivity index (χ2v) is 16.7. The molecule has 0 aliphatic rings. The third-order valence-corrected chi connectivity index (χ3v) is 9.74. The molecular weight excluding hydrogens is 713 g/mol. The molecule has 0 aliphatic heterocycles. The summed E-state index contributed by atoms with van der Waals surface area (Å²) in [5, 5.41) is 0. The molecule has 0 fully saturated rings. The number of phosphoric acid groups is 1. The zero-order valence-electron chi connectivity index (χ0n) is 35.6. The third-order valence-electron chi connectivity index (χ3n) is 8.77. The van der Waals surface area contributed by atoms with E-state index >= 15 is 0 Å². The fraction of sp³-hybridized carbons (Fsp3) is 0.733. The lowest BCUT2D eigenvalue weighted by atomic mass is 10.1. The molecule has 2 atom stereocenters. The Morgan fingerprint density at radius 3 is 1.55 bits per heavy atom. The lowest BCUT2D eigenvalue weighted by Gasteiger charge is -2.28. The van der Waals surface area contributed by atoms with Gasteiger partial charge in [0.05, 0.1) is 27.7 Å². The van der Waals surface area contributed by atoms with Crippen molar-refractivity contribution in [1.29, 1.82) is 0 Å². The van der Waals surface area contributed by atoms with Crippen molar-refractivity contribution in [2.45, 2.75) is 168 Å². The van der Waals surface area contributed by atoms with Crippen LogP contribution >= 0.6 is 7.82 Å². The van der Waals surface area contributed by atoms with Crippen molar-refractivity contribution in [3.63, 3.8) is 0 Å². The number of esters is 2. The number of hydrogen-bond acceptors (Lipinski definition) is 8. The van der Waals surface area contributed by atoms with E-state index in [4.69, 9.17) is 18.5 Å². The van der Waals surface area contributed by atoms with Crippen LogP contribution in [0.5, 0.6) is 0 Å². The molecule has 0 saturated carbocycles. The van der Waals surface area contributed by atoms with Gasteiger partial charge in [-0.2, -0.15) is 0 Å². The number of unbranched alkanes of at least 4 members (excludes halogenated alkanes) is 14. The fourth-order valence-corrected chi connectivity index (χ4v) is 6.13. The molecule has 0 aromatic heterocycles. The van der Waals surface area contributed by atoms with Crippen molar-refractivity contribution in [1.82, 2.24) is 0 Å². The number of hydrogen-bond donors (Lipinski definition) is 0. The second-order valence-electron chi connectivity index (χ2n) is 15.3. The molecule has 0 spiro atoms. The predicted molar refractivity (Wildman–Crippen MR) is 226 cm³/mol. The van der Waals surface area contributed by atoms with Gasteiger partial charge in [-0.25, -0.2) is 0 Å². The Bertz CT molecular complexity index is 1120. The molecular formula is C45H80NO8P. The van der Waals surface area contributed by atoms with Gasteiger partial charge in [0.1, 0.15) is 19.8 Å². The molecule has 0 amide bonds. The summed E-state index contributed by atoms with van der Waals surface area (Å²) in [5.74, 6) is -0.875.